The van der Waals surface area contributed by atoms with E-state index in [1.807, 2.05) is 62.3 Å². The Morgan fingerprint density at radius 1 is 0.608 bits per heavy atom. The van der Waals surface area contributed by atoms with Crippen LogP contribution in [0.1, 0.15) is 110 Å². The van der Waals surface area contributed by atoms with Gasteiger partial charge in [0.2, 0.25) is 0 Å². The van der Waals surface area contributed by atoms with Crippen LogP contribution in [0.15, 0.2) is 0 Å². The molecule has 12 nitrogen and oxygen atoms in total. The minimum Gasteiger partial charge on any atom is -1.00 e. The summed E-state index contributed by atoms with van der Waals surface area (Å²) in [6.45, 7) is 24.4. The number of hydrogen-bond acceptors (Lipinski definition) is 12. The predicted molar refractivity (Wildman–Crippen MR) is 215 cm³/mol. The van der Waals surface area contributed by atoms with E-state index in [0.29, 0.717) is 6.42 Å². The first-order valence-corrected chi connectivity index (χ1v) is 14.5. The van der Waals surface area contributed by atoms with Crippen LogP contribution in [0, 0.1) is 0 Å². The van der Waals surface area contributed by atoms with Crippen LogP contribution in [-0.4, -0.2) is 104 Å². The van der Waals surface area contributed by atoms with Crippen molar-refractivity contribution in [2.24, 2.45) is 0 Å². The maximum absolute atomic E-state index is 9.17. The van der Waals surface area contributed by atoms with E-state index in [-0.39, 0.29) is 362 Å². The zero-order valence-corrected chi connectivity index (χ0v) is 58.1. The fourth-order valence-corrected chi connectivity index (χ4v) is 0. The number of ether oxygens (including phenoxy) is 2. The third kappa shape index (κ3) is 1010. The molecule has 0 heterocycles. The van der Waals surface area contributed by atoms with Gasteiger partial charge in [-0.05, 0) is 34.6 Å². The van der Waals surface area contributed by atoms with Crippen LogP contribution in [0.25, 0.3) is 0 Å². The van der Waals surface area contributed by atoms with Crippen LogP contribution in [0.2, 0.25) is 0 Å². The van der Waals surface area contributed by atoms with E-state index in [4.69, 9.17) is 35.1 Å². The van der Waals surface area contributed by atoms with Crippen LogP contribution < -0.4 is 275 Å². The molecule has 0 fully saturated rings. The minimum absolute atomic E-state index is 0. The van der Waals surface area contributed by atoms with E-state index in [0.717, 1.165) is 36.4 Å². The third-order valence-corrected chi connectivity index (χ3v) is 0.823. The van der Waals surface area contributed by atoms with Gasteiger partial charge in [0.05, 0.1) is 0 Å². The summed E-state index contributed by atoms with van der Waals surface area (Å²) in [4.78, 5) is 40.5. The van der Waals surface area contributed by atoms with Crippen molar-refractivity contribution < 1.29 is 330 Å². The topological polar surface area (TPSA) is 192 Å². The zero-order chi connectivity index (χ0) is 34.6. The van der Waals surface area contributed by atoms with Gasteiger partial charge in [0, 0.05) is 74.6 Å². The van der Waals surface area contributed by atoms with Crippen LogP contribution in [0.4, 0.5) is 0 Å². The number of alkyl halides is 2. The maximum atomic E-state index is 9.17. The molecule has 0 aromatic rings. The summed E-state index contributed by atoms with van der Waals surface area (Å²) in [7, 11) is 3.36. The van der Waals surface area contributed by atoms with Crippen molar-refractivity contribution >= 4 is 108 Å². The number of aliphatic hydroxyl groups is 2. The van der Waals surface area contributed by atoms with Crippen molar-refractivity contribution in [2.45, 2.75) is 104 Å². The zero-order valence-electron chi connectivity index (χ0n) is 39.0. The fraction of sp³-hybridized carbons (Fsp3) is 0.852. The molecule has 0 aliphatic rings. The Bertz CT molecular complexity index is 284. The normalized spacial score (nSPS) is 4.39. The Morgan fingerprint density at radius 2 is 0.667 bits per heavy atom. The first-order valence-electron chi connectivity index (χ1n) is 12.2. The van der Waals surface area contributed by atoms with E-state index < -0.39 is 0 Å². The Kier molecular flexibility index (Phi) is 1100. The second-order valence-corrected chi connectivity index (χ2v) is 5.76. The molecule has 0 aromatic carbocycles. The molecule has 296 valence electrons. The van der Waals surface area contributed by atoms with Crippen LogP contribution in [0.5, 0.6) is 0 Å². The van der Waals surface area contributed by atoms with Crippen LogP contribution in [-0.2, 0) is 38.4 Å². The van der Waals surface area contributed by atoms with Gasteiger partial charge in [-0.2, -0.15) is 0 Å². The van der Waals surface area contributed by atoms with Gasteiger partial charge in [0.15, 0.2) is 0 Å². The summed E-state index contributed by atoms with van der Waals surface area (Å²) >= 11 is 6.29. The molecule has 0 aliphatic carbocycles. The molecule has 0 aliphatic heterocycles. The van der Waals surface area contributed by atoms with Crippen molar-refractivity contribution in [1.29, 1.82) is 0 Å². The summed E-state index contributed by atoms with van der Waals surface area (Å²) in [5.74, 6) is 0. The number of methoxy groups -OCH3 is 2. The molecular formula is C27H76B2Br4K4Na2O12. The molecule has 0 rings (SSSR count). The van der Waals surface area contributed by atoms with Crippen molar-refractivity contribution in [3.05, 3.63) is 0 Å². The summed E-state index contributed by atoms with van der Waals surface area (Å²) in [6, 6.07) is 0. The average molecular weight is 1140 g/mol. The monoisotopic (exact) mass is 1130 g/mol. The van der Waals surface area contributed by atoms with Gasteiger partial charge in [-0.25, -0.2) is 0 Å². The standard InChI is InChI=1S/2C3H8O.C3H6O.2C2H5Br.2C2H6O.C2H4O.2C2H6.2CH2O3.2CH4.2B.2BrH.4K.2Na.4H/c2*1-3-4-2;1-2-3-4;5*1-2-3;2*1-2;2*2-1-4-3;;;;;;;;;;;;;;;;/h2*3H2,1-2H3;3H,2H2,1H3;2*2H2,1H3;2*3H,2H2,1H3;2H,1H3;2*1-2H3;2*1,3H;2*1H4;;;2*1H;;;;;;;;;;/q;;;;;;;;;;;;;;;;;;6*+1;4*-1/p-2. The van der Waals surface area contributed by atoms with Crippen molar-refractivity contribution in [3.63, 3.8) is 0 Å². The first-order chi connectivity index (χ1) is 18.6. The van der Waals surface area contributed by atoms with Crippen molar-refractivity contribution in [2.75, 3.05) is 51.3 Å². The SMILES string of the molecule is Br.Br.C.C.CC.CC.CC=O.CCBr.CCBr.CCC=O.CCO.CCO.CCOC.CCOC.O=CO[O-].O=CO[O-].[B].[B].[H-].[H-].[H-].[H-].[K+].[K+].[K+].[K+].[Na+].[Na+]. The van der Waals surface area contributed by atoms with Gasteiger partial charge in [-0.3, -0.25) is 9.59 Å². The second-order valence-electron chi connectivity index (χ2n) is 3.52. The van der Waals surface area contributed by atoms with E-state index in [9.17, 15) is 4.79 Å². The average Bonchev–Trinajstić information content (AvgIpc) is 2.97. The van der Waals surface area contributed by atoms with Crippen molar-refractivity contribution in [1.82, 2.24) is 0 Å². The Labute approximate surface area is 579 Å². The quantitative estimate of drug-likeness (QED) is 0.0872. The van der Waals surface area contributed by atoms with Gasteiger partial charge < -0.3 is 55.3 Å². The number of carbonyl (C=O) groups is 4. The van der Waals surface area contributed by atoms with E-state index in [2.05, 4.69) is 51.1 Å². The van der Waals surface area contributed by atoms with E-state index in [1.165, 1.54) is 6.92 Å². The molecule has 6 radical (unpaired) electrons. The summed E-state index contributed by atoms with van der Waals surface area (Å²) < 4.78 is 9.08. The molecular weight excluding hydrogens is 1060 g/mol. The molecule has 0 bridgehead atoms. The predicted octanol–water partition coefficient (Wildman–Crippen LogP) is -12.0. The largest absolute Gasteiger partial charge is 1.00 e. The molecule has 0 aromatic heterocycles. The Morgan fingerprint density at radius 3 is 0.667 bits per heavy atom. The minimum atomic E-state index is -0.181. The maximum Gasteiger partial charge on any atom is 1.00 e. The fourth-order valence-electron chi connectivity index (χ4n) is 0. The number of rotatable bonds is 5. The van der Waals surface area contributed by atoms with Gasteiger partial charge >= 0.3 is 265 Å². The van der Waals surface area contributed by atoms with Crippen LogP contribution in [0.3, 0.4) is 0 Å². The summed E-state index contributed by atoms with van der Waals surface area (Å²) in [5.41, 5.74) is 0. The van der Waals surface area contributed by atoms with E-state index in [1.54, 1.807) is 28.1 Å². The number of halogens is 4. The molecule has 24 heteroatoms. The molecule has 0 unspecified atom stereocenters. The number of carbonyl (C=O) groups excluding carboxylic acids is 4. The molecule has 0 spiro atoms. The third-order valence-electron chi connectivity index (χ3n) is 0.823. The van der Waals surface area contributed by atoms with Crippen LogP contribution >= 0.6 is 65.8 Å². The Balaban J connectivity index is -0.00000000544. The number of aliphatic hydroxyl groups excluding tert-OH is 2. The molecule has 51 heavy (non-hydrogen) atoms. The first kappa shape index (κ1) is 161. The Hall–Kier alpha value is 8.64. The summed E-state index contributed by atoms with van der Waals surface area (Å²) in [6.07, 6.45) is 2.26. The summed E-state index contributed by atoms with van der Waals surface area (Å²) in [5, 5.41) is 34.1. The number of aldehydes is 2. The second kappa shape index (κ2) is 349. The molecule has 0 atom stereocenters. The molecule has 2 N–H and O–H groups in total. The number of hydrogen-bond donors (Lipinski definition) is 2. The van der Waals surface area contributed by atoms with Gasteiger partial charge in [0.25, 0.3) is 12.9 Å². The van der Waals surface area contributed by atoms with Gasteiger partial charge in [-0.1, -0.05) is 95.2 Å². The van der Waals surface area contributed by atoms with Crippen molar-refractivity contribution in [3.8, 4) is 0 Å². The van der Waals surface area contributed by atoms with E-state index >= 15 is 0 Å². The molecule has 0 saturated heterocycles. The van der Waals surface area contributed by atoms with Gasteiger partial charge in [0.1, 0.15) is 12.6 Å². The smallest absolute Gasteiger partial charge is 1.00 e. The molecule has 0 amide bonds. The van der Waals surface area contributed by atoms with Gasteiger partial charge in [-0.15, -0.1) is 34.0 Å². The molecule has 0 saturated carbocycles.